The monoisotopic (exact) mass is 273 g/mol. The second-order valence-corrected chi connectivity index (χ2v) is 3.66. The number of nitrogens with two attached hydrogens (primary N) is 1. The average Bonchev–Trinajstić information content (AvgIpc) is 2.14. The summed E-state index contributed by atoms with van der Waals surface area (Å²) in [5.74, 6) is 0. The summed E-state index contributed by atoms with van der Waals surface area (Å²) in [6, 6.07) is 3.33. The van der Waals surface area contributed by atoms with Crippen molar-refractivity contribution in [1.29, 1.82) is 0 Å². The molecule has 92 valence electrons. The van der Waals surface area contributed by atoms with E-state index in [-0.39, 0.29) is 23.5 Å². The molecule has 16 heavy (non-hydrogen) atoms. The van der Waals surface area contributed by atoms with Crippen LogP contribution in [-0.4, -0.2) is 0 Å². The van der Waals surface area contributed by atoms with E-state index < -0.39 is 11.7 Å². The van der Waals surface area contributed by atoms with E-state index in [9.17, 15) is 13.2 Å². The molecule has 0 heterocycles. The molecule has 0 aromatic heterocycles. The molecule has 0 saturated carbocycles. The summed E-state index contributed by atoms with van der Waals surface area (Å²) in [6.07, 6.45) is -3.76. The van der Waals surface area contributed by atoms with Gasteiger partial charge in [0.05, 0.1) is 10.6 Å². The van der Waals surface area contributed by atoms with Gasteiger partial charge in [0.2, 0.25) is 0 Å². The van der Waals surface area contributed by atoms with E-state index in [2.05, 4.69) is 0 Å². The van der Waals surface area contributed by atoms with E-state index >= 15 is 0 Å². The van der Waals surface area contributed by atoms with Gasteiger partial charge in [-0.15, -0.1) is 12.4 Å². The van der Waals surface area contributed by atoms with Crippen LogP contribution in [0.15, 0.2) is 18.2 Å². The molecule has 0 spiro atoms. The fourth-order valence-electron chi connectivity index (χ4n) is 1.23. The van der Waals surface area contributed by atoms with Gasteiger partial charge in [0, 0.05) is 6.04 Å². The molecule has 0 bridgehead atoms. The van der Waals surface area contributed by atoms with E-state index in [1.54, 1.807) is 0 Å². The van der Waals surface area contributed by atoms with Crippen LogP contribution in [0.25, 0.3) is 0 Å². The van der Waals surface area contributed by atoms with Gasteiger partial charge in [0.25, 0.3) is 0 Å². The van der Waals surface area contributed by atoms with Crippen LogP contribution in [0.5, 0.6) is 0 Å². The minimum absolute atomic E-state index is 0. The van der Waals surface area contributed by atoms with E-state index in [0.29, 0.717) is 12.0 Å². The van der Waals surface area contributed by atoms with Crippen molar-refractivity contribution >= 4 is 24.0 Å². The molecule has 1 atom stereocenters. The number of rotatable bonds is 2. The lowest BCUT2D eigenvalue weighted by molar-refractivity contribution is -0.137. The van der Waals surface area contributed by atoms with E-state index in [1.807, 2.05) is 6.92 Å². The van der Waals surface area contributed by atoms with Crippen LogP contribution in [-0.2, 0) is 6.18 Å². The number of halogens is 5. The first-order chi connectivity index (χ1) is 6.86. The van der Waals surface area contributed by atoms with Gasteiger partial charge < -0.3 is 5.73 Å². The van der Waals surface area contributed by atoms with Crippen molar-refractivity contribution in [1.82, 2.24) is 0 Å². The first-order valence-corrected chi connectivity index (χ1v) is 4.86. The third kappa shape index (κ3) is 3.54. The summed E-state index contributed by atoms with van der Waals surface area (Å²) in [5.41, 5.74) is 5.48. The van der Waals surface area contributed by atoms with Crippen molar-refractivity contribution < 1.29 is 13.2 Å². The lowest BCUT2D eigenvalue weighted by Gasteiger charge is -2.13. The van der Waals surface area contributed by atoms with E-state index in [4.69, 9.17) is 17.3 Å². The molecule has 0 amide bonds. The Morgan fingerprint density at radius 1 is 1.38 bits per heavy atom. The zero-order valence-electron chi connectivity index (χ0n) is 8.51. The number of hydrogen-bond donors (Lipinski definition) is 1. The van der Waals surface area contributed by atoms with Gasteiger partial charge in [0.1, 0.15) is 0 Å². The lowest BCUT2D eigenvalue weighted by atomic mass is 10.0. The van der Waals surface area contributed by atoms with Crippen LogP contribution in [0.3, 0.4) is 0 Å². The van der Waals surface area contributed by atoms with Crippen molar-refractivity contribution in [3.63, 3.8) is 0 Å². The van der Waals surface area contributed by atoms with Crippen LogP contribution < -0.4 is 5.73 Å². The smallest absolute Gasteiger partial charge is 0.324 e. The molecule has 0 aliphatic carbocycles. The molecule has 0 fully saturated rings. The third-order valence-corrected chi connectivity index (χ3v) is 2.48. The molecular weight excluding hydrogens is 262 g/mol. The summed E-state index contributed by atoms with van der Waals surface area (Å²) < 4.78 is 37.0. The van der Waals surface area contributed by atoms with Gasteiger partial charge in [-0.05, 0) is 24.1 Å². The maximum absolute atomic E-state index is 12.3. The molecule has 1 nitrogen and oxygen atoms in total. The van der Waals surface area contributed by atoms with Crippen molar-refractivity contribution in [2.75, 3.05) is 0 Å². The molecule has 1 aromatic rings. The molecular formula is C10H12Cl2F3N. The molecule has 2 N–H and O–H groups in total. The molecule has 0 saturated heterocycles. The van der Waals surface area contributed by atoms with Crippen LogP contribution in [0.2, 0.25) is 5.02 Å². The van der Waals surface area contributed by atoms with Gasteiger partial charge >= 0.3 is 6.18 Å². The highest BCUT2D eigenvalue weighted by atomic mass is 35.5. The van der Waals surface area contributed by atoms with Crippen LogP contribution in [0.1, 0.15) is 30.5 Å². The highest BCUT2D eigenvalue weighted by Gasteiger charge is 2.33. The zero-order valence-corrected chi connectivity index (χ0v) is 10.1. The van der Waals surface area contributed by atoms with Gasteiger partial charge in [-0.1, -0.05) is 24.6 Å². The fourth-order valence-corrected chi connectivity index (χ4v) is 1.52. The van der Waals surface area contributed by atoms with Gasteiger partial charge in [-0.3, -0.25) is 0 Å². The second kappa shape index (κ2) is 5.75. The van der Waals surface area contributed by atoms with E-state index in [0.717, 1.165) is 6.07 Å². The fraction of sp³-hybridized carbons (Fsp3) is 0.400. The van der Waals surface area contributed by atoms with Crippen molar-refractivity contribution in [3.05, 3.63) is 34.3 Å². The quantitative estimate of drug-likeness (QED) is 0.859. The Hall–Kier alpha value is -0.450. The van der Waals surface area contributed by atoms with E-state index in [1.165, 1.54) is 12.1 Å². The minimum Gasteiger partial charge on any atom is -0.324 e. The molecule has 0 aliphatic heterocycles. The largest absolute Gasteiger partial charge is 0.417 e. The van der Waals surface area contributed by atoms with Gasteiger partial charge in [-0.2, -0.15) is 13.2 Å². The van der Waals surface area contributed by atoms with Crippen molar-refractivity contribution in [3.8, 4) is 0 Å². The van der Waals surface area contributed by atoms with Crippen molar-refractivity contribution in [2.45, 2.75) is 25.6 Å². The second-order valence-electron chi connectivity index (χ2n) is 3.25. The summed E-state index contributed by atoms with van der Waals surface area (Å²) in [6.45, 7) is 1.86. The van der Waals surface area contributed by atoms with Crippen LogP contribution in [0.4, 0.5) is 13.2 Å². The predicted molar refractivity (Wildman–Crippen MR) is 60.9 cm³/mol. The minimum atomic E-state index is -4.41. The topological polar surface area (TPSA) is 26.0 Å². The first-order valence-electron chi connectivity index (χ1n) is 4.48. The molecule has 1 aromatic carbocycles. The average molecular weight is 274 g/mol. The summed E-state index contributed by atoms with van der Waals surface area (Å²) in [5, 5.41) is -0.302. The number of hydrogen-bond acceptors (Lipinski definition) is 1. The summed E-state index contributed by atoms with van der Waals surface area (Å²) in [4.78, 5) is 0. The summed E-state index contributed by atoms with van der Waals surface area (Å²) in [7, 11) is 0. The predicted octanol–water partition coefficient (Wildman–Crippen LogP) is 4.19. The lowest BCUT2D eigenvalue weighted by Crippen LogP contribution is -2.11. The Morgan fingerprint density at radius 2 is 1.94 bits per heavy atom. The maximum atomic E-state index is 12.3. The standard InChI is InChI=1S/C10H11ClF3N.ClH/c1-2-9(15)6-3-4-7(8(11)5-6)10(12,13)14;/h3-5,9H,2,15H2,1H3;1H/t9-;/m1./s1. The Morgan fingerprint density at radius 3 is 2.31 bits per heavy atom. The Labute approximate surface area is 103 Å². The first kappa shape index (κ1) is 15.5. The summed E-state index contributed by atoms with van der Waals surface area (Å²) >= 11 is 5.54. The molecule has 1 rings (SSSR count). The zero-order chi connectivity index (χ0) is 11.6. The highest BCUT2D eigenvalue weighted by Crippen LogP contribution is 2.35. The Balaban J connectivity index is 0.00000225. The normalized spacial score (nSPS) is 13.1. The number of alkyl halides is 3. The third-order valence-electron chi connectivity index (χ3n) is 2.17. The number of benzene rings is 1. The van der Waals surface area contributed by atoms with Gasteiger partial charge in [0.15, 0.2) is 0 Å². The van der Waals surface area contributed by atoms with Crippen molar-refractivity contribution in [2.24, 2.45) is 5.73 Å². The van der Waals surface area contributed by atoms with Crippen LogP contribution in [0, 0.1) is 0 Å². The van der Waals surface area contributed by atoms with Crippen LogP contribution >= 0.6 is 24.0 Å². The maximum Gasteiger partial charge on any atom is 0.417 e. The molecule has 6 heteroatoms. The highest BCUT2D eigenvalue weighted by molar-refractivity contribution is 6.31. The van der Waals surface area contributed by atoms with Gasteiger partial charge in [-0.25, -0.2) is 0 Å². The SMILES string of the molecule is CC[C@@H](N)c1ccc(C(F)(F)F)c(Cl)c1.Cl. The Kier molecular flexibility index (Phi) is 5.59. The Bertz CT molecular complexity index is 352. The molecule has 0 radical (unpaired) electrons. The molecule has 0 unspecified atom stereocenters. The molecule has 0 aliphatic rings.